The minimum atomic E-state index is -0.0439. The Labute approximate surface area is 97.6 Å². The van der Waals surface area contributed by atoms with E-state index in [1.165, 1.54) is 5.56 Å². The molecule has 0 saturated carbocycles. The molecule has 0 aromatic heterocycles. The Kier molecular flexibility index (Phi) is 2.70. The van der Waals surface area contributed by atoms with E-state index in [1.54, 1.807) is 0 Å². The summed E-state index contributed by atoms with van der Waals surface area (Å²) in [4.78, 5) is 0. The first-order valence-electron chi connectivity index (χ1n) is 5.76. The average Bonchev–Trinajstić information content (AvgIpc) is 2.94. The number of rotatable bonds is 3. The molecule has 1 heterocycles. The van der Waals surface area contributed by atoms with Crippen molar-refractivity contribution in [2.45, 2.75) is 38.7 Å². The minimum absolute atomic E-state index is 0.0439. The molecular weight excluding hydrogens is 200 g/mol. The molecular formula is C14H20O2. The number of epoxide rings is 1. The van der Waals surface area contributed by atoms with Crippen LogP contribution in [0.3, 0.4) is 0 Å². The molecule has 16 heavy (non-hydrogen) atoms. The highest BCUT2D eigenvalue weighted by Gasteiger charge is 2.40. The zero-order valence-corrected chi connectivity index (χ0v) is 10.5. The minimum Gasteiger partial charge on any atom is -0.490 e. The molecule has 1 fully saturated rings. The number of benzene rings is 1. The molecule has 1 saturated heterocycles. The van der Waals surface area contributed by atoms with Crippen LogP contribution in [-0.2, 0) is 10.2 Å². The van der Waals surface area contributed by atoms with Crippen LogP contribution in [0.4, 0.5) is 0 Å². The van der Waals surface area contributed by atoms with Crippen molar-refractivity contribution in [2.24, 2.45) is 0 Å². The van der Waals surface area contributed by atoms with Crippen molar-refractivity contribution in [3.63, 3.8) is 0 Å². The third-order valence-corrected chi connectivity index (χ3v) is 2.88. The molecule has 0 aliphatic carbocycles. The lowest BCUT2D eigenvalue weighted by atomic mass is 9.87. The van der Waals surface area contributed by atoms with Crippen LogP contribution in [0.2, 0.25) is 0 Å². The van der Waals surface area contributed by atoms with Gasteiger partial charge in [-0.05, 0) is 30.0 Å². The second kappa shape index (κ2) is 3.77. The average molecular weight is 220 g/mol. The highest BCUT2D eigenvalue weighted by Crippen LogP contribution is 2.29. The Morgan fingerprint density at radius 1 is 1.38 bits per heavy atom. The molecule has 0 amide bonds. The Balaban J connectivity index is 2.04. The van der Waals surface area contributed by atoms with E-state index in [-0.39, 0.29) is 11.0 Å². The molecule has 0 bridgehead atoms. The van der Waals surface area contributed by atoms with E-state index in [4.69, 9.17) is 9.47 Å². The normalized spacial score (nSPS) is 24.2. The van der Waals surface area contributed by atoms with Gasteiger partial charge in [-0.15, -0.1) is 0 Å². The first kappa shape index (κ1) is 11.5. The topological polar surface area (TPSA) is 21.8 Å². The molecule has 1 aliphatic heterocycles. The Hall–Kier alpha value is -1.02. The smallest absolute Gasteiger partial charge is 0.123 e. The molecule has 88 valence electrons. The third-order valence-electron chi connectivity index (χ3n) is 2.88. The number of ether oxygens (including phenoxy) is 2. The van der Waals surface area contributed by atoms with Crippen LogP contribution in [0, 0.1) is 0 Å². The van der Waals surface area contributed by atoms with Gasteiger partial charge in [-0.25, -0.2) is 0 Å². The largest absolute Gasteiger partial charge is 0.490 e. The molecule has 1 aliphatic rings. The van der Waals surface area contributed by atoms with Crippen molar-refractivity contribution in [3.05, 3.63) is 29.8 Å². The third kappa shape index (κ3) is 2.76. The van der Waals surface area contributed by atoms with E-state index in [0.717, 1.165) is 12.4 Å². The number of hydrogen-bond donors (Lipinski definition) is 0. The fourth-order valence-corrected chi connectivity index (χ4v) is 1.49. The lowest BCUT2D eigenvalue weighted by molar-refractivity contribution is 0.202. The van der Waals surface area contributed by atoms with Crippen LogP contribution in [0.1, 0.15) is 33.3 Å². The highest BCUT2D eigenvalue weighted by atomic mass is 16.6. The van der Waals surface area contributed by atoms with Crippen molar-refractivity contribution in [1.82, 2.24) is 0 Å². The fraction of sp³-hybridized carbons (Fsp3) is 0.571. The van der Waals surface area contributed by atoms with Gasteiger partial charge in [-0.2, -0.15) is 0 Å². The molecule has 1 aromatic rings. The molecule has 1 unspecified atom stereocenters. The second-order valence-electron chi connectivity index (χ2n) is 5.81. The van der Waals surface area contributed by atoms with Crippen LogP contribution >= 0.6 is 0 Å². The lowest BCUT2D eigenvalue weighted by Crippen LogP contribution is -2.17. The summed E-state index contributed by atoms with van der Waals surface area (Å²) in [6, 6.07) is 8.31. The van der Waals surface area contributed by atoms with Gasteiger partial charge >= 0.3 is 0 Å². The first-order valence-corrected chi connectivity index (χ1v) is 5.76. The predicted molar refractivity (Wildman–Crippen MR) is 65.0 cm³/mol. The van der Waals surface area contributed by atoms with Crippen molar-refractivity contribution in [2.75, 3.05) is 13.2 Å². The van der Waals surface area contributed by atoms with Crippen LogP contribution < -0.4 is 4.74 Å². The molecule has 1 atom stereocenters. The highest BCUT2D eigenvalue weighted by molar-refractivity contribution is 5.32. The van der Waals surface area contributed by atoms with Gasteiger partial charge in [0.2, 0.25) is 0 Å². The van der Waals surface area contributed by atoms with Crippen LogP contribution in [0.25, 0.3) is 0 Å². The van der Waals surface area contributed by atoms with Gasteiger partial charge in [0.05, 0.1) is 6.61 Å². The lowest BCUT2D eigenvalue weighted by Gasteiger charge is -2.20. The summed E-state index contributed by atoms with van der Waals surface area (Å²) in [5.41, 5.74) is 1.42. The maximum atomic E-state index is 5.74. The SMILES string of the molecule is CC1(COc2cccc(C(C)(C)C)c2)CO1. The van der Waals surface area contributed by atoms with E-state index < -0.39 is 0 Å². The van der Waals surface area contributed by atoms with Gasteiger partial charge in [-0.1, -0.05) is 32.9 Å². The van der Waals surface area contributed by atoms with Crippen molar-refractivity contribution in [1.29, 1.82) is 0 Å². The van der Waals surface area contributed by atoms with E-state index in [0.29, 0.717) is 6.61 Å². The molecule has 0 radical (unpaired) electrons. The van der Waals surface area contributed by atoms with Crippen molar-refractivity contribution >= 4 is 0 Å². The number of hydrogen-bond acceptors (Lipinski definition) is 2. The fourth-order valence-electron chi connectivity index (χ4n) is 1.49. The van der Waals surface area contributed by atoms with E-state index >= 15 is 0 Å². The summed E-state index contributed by atoms with van der Waals surface area (Å²) in [5.74, 6) is 0.934. The first-order chi connectivity index (χ1) is 7.39. The predicted octanol–water partition coefficient (Wildman–Crippen LogP) is 3.15. The van der Waals surface area contributed by atoms with Crippen molar-refractivity contribution in [3.8, 4) is 5.75 Å². The van der Waals surface area contributed by atoms with Crippen LogP contribution in [0.5, 0.6) is 5.75 Å². The summed E-state index contributed by atoms with van der Waals surface area (Å²) in [7, 11) is 0. The van der Waals surface area contributed by atoms with E-state index in [2.05, 4.69) is 39.8 Å². The molecule has 2 nitrogen and oxygen atoms in total. The monoisotopic (exact) mass is 220 g/mol. The maximum absolute atomic E-state index is 5.74. The quantitative estimate of drug-likeness (QED) is 0.730. The van der Waals surface area contributed by atoms with Gasteiger partial charge in [0.25, 0.3) is 0 Å². The van der Waals surface area contributed by atoms with Crippen molar-refractivity contribution < 1.29 is 9.47 Å². The zero-order valence-electron chi connectivity index (χ0n) is 10.5. The second-order valence-corrected chi connectivity index (χ2v) is 5.81. The molecule has 0 spiro atoms. The summed E-state index contributed by atoms with van der Waals surface area (Å²) in [5, 5.41) is 0. The standard InChI is InChI=1S/C14H20O2/c1-13(2,3)11-6-5-7-12(8-11)15-9-14(4)10-16-14/h5-8H,9-10H2,1-4H3. The van der Waals surface area contributed by atoms with Gasteiger partial charge in [0.1, 0.15) is 18.0 Å². The van der Waals surface area contributed by atoms with E-state index in [1.807, 2.05) is 12.1 Å². The van der Waals surface area contributed by atoms with E-state index in [9.17, 15) is 0 Å². The van der Waals surface area contributed by atoms with Crippen LogP contribution in [0.15, 0.2) is 24.3 Å². The molecule has 2 rings (SSSR count). The summed E-state index contributed by atoms with van der Waals surface area (Å²) >= 11 is 0. The summed E-state index contributed by atoms with van der Waals surface area (Å²) in [6.07, 6.45) is 0. The van der Waals surface area contributed by atoms with Gasteiger partial charge in [0, 0.05) is 0 Å². The maximum Gasteiger partial charge on any atom is 0.123 e. The Morgan fingerprint density at radius 3 is 2.62 bits per heavy atom. The van der Waals surface area contributed by atoms with Gasteiger partial charge in [0.15, 0.2) is 0 Å². The summed E-state index contributed by atoms with van der Waals surface area (Å²) in [6.45, 7) is 10.1. The van der Waals surface area contributed by atoms with Gasteiger partial charge < -0.3 is 9.47 Å². The molecule has 2 heteroatoms. The van der Waals surface area contributed by atoms with Gasteiger partial charge in [-0.3, -0.25) is 0 Å². The Morgan fingerprint density at radius 2 is 2.06 bits per heavy atom. The summed E-state index contributed by atoms with van der Waals surface area (Å²) < 4.78 is 11.0. The Bertz CT molecular complexity index is 373. The van der Waals surface area contributed by atoms with Crippen LogP contribution in [-0.4, -0.2) is 18.8 Å². The zero-order chi connectivity index (χ0) is 11.8. The molecule has 0 N–H and O–H groups in total. The molecule has 1 aromatic carbocycles.